The van der Waals surface area contributed by atoms with Crippen LogP contribution in [0.3, 0.4) is 0 Å². The van der Waals surface area contributed by atoms with Crippen LogP contribution in [0.25, 0.3) is 0 Å². The Balaban J connectivity index is 2.55. The van der Waals surface area contributed by atoms with Crippen LogP contribution in [-0.4, -0.2) is 12.1 Å². The van der Waals surface area contributed by atoms with Gasteiger partial charge in [0.2, 0.25) is 0 Å². The lowest BCUT2D eigenvalue weighted by atomic mass is 9.79. The molecular weight excluding hydrogens is 256 g/mol. The number of nitrogens with two attached hydrogens (primary N) is 1. The van der Waals surface area contributed by atoms with Gasteiger partial charge in [0.15, 0.2) is 0 Å². The fourth-order valence-corrected chi connectivity index (χ4v) is 3.59. The first-order valence-electron chi connectivity index (χ1n) is 7.20. The van der Waals surface area contributed by atoms with E-state index in [9.17, 15) is 0 Å². The molecule has 1 aromatic carbocycles. The summed E-state index contributed by atoms with van der Waals surface area (Å²) < 4.78 is 0. The lowest BCUT2D eigenvalue weighted by Crippen LogP contribution is -2.48. The molecule has 0 aliphatic carbocycles. The third-order valence-corrected chi connectivity index (χ3v) is 4.57. The van der Waals surface area contributed by atoms with Gasteiger partial charge in [-0.15, -0.1) is 0 Å². The van der Waals surface area contributed by atoms with Gasteiger partial charge in [0, 0.05) is 29.3 Å². The van der Waals surface area contributed by atoms with Crippen molar-refractivity contribution in [3.8, 4) is 0 Å². The summed E-state index contributed by atoms with van der Waals surface area (Å²) in [5.41, 5.74) is 9.73. The molecule has 0 saturated carbocycles. The lowest BCUT2D eigenvalue weighted by Gasteiger charge is -2.48. The molecular formula is C16H25ClN2. The molecule has 0 saturated heterocycles. The van der Waals surface area contributed by atoms with Gasteiger partial charge in [-0.1, -0.05) is 31.5 Å². The molecule has 106 valence electrons. The largest absolute Gasteiger partial charge is 0.366 e. The quantitative estimate of drug-likeness (QED) is 0.894. The van der Waals surface area contributed by atoms with Crippen molar-refractivity contribution in [2.75, 3.05) is 11.4 Å². The zero-order valence-electron chi connectivity index (χ0n) is 12.5. The second-order valence-corrected chi connectivity index (χ2v) is 6.68. The van der Waals surface area contributed by atoms with E-state index in [-0.39, 0.29) is 5.54 Å². The van der Waals surface area contributed by atoms with E-state index in [1.54, 1.807) is 0 Å². The molecule has 3 heteroatoms. The van der Waals surface area contributed by atoms with Gasteiger partial charge in [0.1, 0.15) is 0 Å². The summed E-state index contributed by atoms with van der Waals surface area (Å²) in [6.45, 7) is 10.8. The maximum absolute atomic E-state index is 6.36. The molecule has 1 aliphatic rings. The van der Waals surface area contributed by atoms with E-state index < -0.39 is 0 Å². The van der Waals surface area contributed by atoms with E-state index >= 15 is 0 Å². The van der Waals surface area contributed by atoms with Crippen molar-refractivity contribution < 1.29 is 0 Å². The first-order chi connectivity index (χ1) is 8.90. The van der Waals surface area contributed by atoms with E-state index in [4.69, 9.17) is 17.3 Å². The van der Waals surface area contributed by atoms with Crippen LogP contribution >= 0.6 is 11.6 Å². The van der Waals surface area contributed by atoms with Gasteiger partial charge in [-0.2, -0.15) is 0 Å². The number of hydrogen-bond acceptors (Lipinski definition) is 2. The highest BCUT2D eigenvalue weighted by atomic mass is 35.5. The minimum Gasteiger partial charge on any atom is -0.366 e. The number of halogens is 1. The molecule has 2 rings (SSSR count). The fourth-order valence-electron chi connectivity index (χ4n) is 3.35. The van der Waals surface area contributed by atoms with Crippen LogP contribution in [0.5, 0.6) is 0 Å². The van der Waals surface area contributed by atoms with Crippen molar-refractivity contribution in [2.24, 2.45) is 5.73 Å². The molecule has 1 aromatic rings. The molecule has 1 unspecified atom stereocenters. The molecule has 0 radical (unpaired) electrons. The number of hydrogen-bond donors (Lipinski definition) is 1. The number of rotatable bonds is 3. The third kappa shape index (κ3) is 2.61. The summed E-state index contributed by atoms with van der Waals surface area (Å²) in [6.07, 6.45) is 2.32. The van der Waals surface area contributed by atoms with E-state index in [0.29, 0.717) is 12.5 Å². The molecule has 0 spiro atoms. The minimum atomic E-state index is 0.190. The predicted octanol–water partition coefficient (Wildman–Crippen LogP) is 4.30. The summed E-state index contributed by atoms with van der Waals surface area (Å²) in [4.78, 5) is 2.51. The summed E-state index contributed by atoms with van der Waals surface area (Å²) in [5.74, 6) is 0.556. The number of benzene rings is 1. The van der Waals surface area contributed by atoms with Crippen LogP contribution in [0.2, 0.25) is 5.02 Å². The first kappa shape index (κ1) is 14.7. The topological polar surface area (TPSA) is 29.3 Å². The Hall–Kier alpha value is -0.730. The van der Waals surface area contributed by atoms with Gasteiger partial charge < -0.3 is 10.6 Å². The van der Waals surface area contributed by atoms with Crippen molar-refractivity contribution in [1.29, 1.82) is 0 Å². The molecule has 0 amide bonds. The molecule has 2 nitrogen and oxygen atoms in total. The summed E-state index contributed by atoms with van der Waals surface area (Å²) in [5, 5.41) is 0.798. The van der Waals surface area contributed by atoms with Crippen LogP contribution in [-0.2, 0) is 6.54 Å². The molecule has 0 aromatic heterocycles. The van der Waals surface area contributed by atoms with Crippen LogP contribution < -0.4 is 10.6 Å². The van der Waals surface area contributed by atoms with Crippen LogP contribution in [0, 0.1) is 0 Å². The maximum atomic E-state index is 6.36. The molecule has 2 N–H and O–H groups in total. The molecule has 19 heavy (non-hydrogen) atoms. The molecule has 1 aliphatic heterocycles. The second-order valence-electron chi connectivity index (χ2n) is 6.28. The lowest BCUT2D eigenvalue weighted by molar-refractivity contribution is 0.376. The average molecular weight is 281 g/mol. The summed E-state index contributed by atoms with van der Waals surface area (Å²) >= 11 is 6.36. The summed E-state index contributed by atoms with van der Waals surface area (Å²) in [6, 6.07) is 4.33. The molecule has 0 fully saturated rings. The Labute approximate surface area is 121 Å². The van der Waals surface area contributed by atoms with Crippen LogP contribution in [0.15, 0.2) is 12.1 Å². The van der Waals surface area contributed by atoms with E-state index in [2.05, 4.69) is 44.7 Å². The molecule has 1 heterocycles. The highest BCUT2D eigenvalue weighted by molar-refractivity contribution is 6.31. The predicted molar refractivity (Wildman–Crippen MR) is 84.1 cm³/mol. The smallest absolute Gasteiger partial charge is 0.0471 e. The molecule has 0 bridgehead atoms. The van der Waals surface area contributed by atoms with Crippen LogP contribution in [0.1, 0.15) is 57.6 Å². The van der Waals surface area contributed by atoms with E-state index in [1.165, 1.54) is 17.7 Å². The zero-order chi connectivity index (χ0) is 14.2. The highest BCUT2D eigenvalue weighted by Crippen LogP contribution is 2.45. The van der Waals surface area contributed by atoms with E-state index in [1.807, 2.05) is 0 Å². The average Bonchev–Trinajstić information content (AvgIpc) is 2.33. The standard InChI is InChI=1S/C16H25ClN2/c1-5-6-19-15-8-14(17)12(10-18)7-13(15)11(2)9-16(19,3)4/h7-8,11H,5-6,9-10,18H2,1-4H3. The van der Waals surface area contributed by atoms with E-state index in [0.717, 1.165) is 23.6 Å². The minimum absolute atomic E-state index is 0.190. The highest BCUT2D eigenvalue weighted by Gasteiger charge is 2.36. The maximum Gasteiger partial charge on any atom is 0.0471 e. The summed E-state index contributed by atoms with van der Waals surface area (Å²) in [7, 11) is 0. The number of nitrogens with zero attached hydrogens (tertiary/aromatic N) is 1. The van der Waals surface area contributed by atoms with Gasteiger partial charge in [0.25, 0.3) is 0 Å². The van der Waals surface area contributed by atoms with Gasteiger partial charge in [-0.3, -0.25) is 0 Å². The van der Waals surface area contributed by atoms with Crippen molar-refractivity contribution in [3.63, 3.8) is 0 Å². The Kier molecular flexibility index (Phi) is 4.12. The van der Waals surface area contributed by atoms with Crippen molar-refractivity contribution in [2.45, 2.75) is 58.5 Å². The third-order valence-electron chi connectivity index (χ3n) is 4.22. The van der Waals surface area contributed by atoms with Gasteiger partial charge in [-0.25, -0.2) is 0 Å². The Morgan fingerprint density at radius 1 is 1.42 bits per heavy atom. The SMILES string of the molecule is CCCN1c2cc(Cl)c(CN)cc2C(C)CC1(C)C. The molecule has 1 atom stereocenters. The van der Waals surface area contributed by atoms with Gasteiger partial charge in [0.05, 0.1) is 0 Å². The van der Waals surface area contributed by atoms with Crippen molar-refractivity contribution >= 4 is 17.3 Å². The Bertz CT molecular complexity index is 468. The monoisotopic (exact) mass is 280 g/mol. The zero-order valence-corrected chi connectivity index (χ0v) is 13.2. The second kappa shape index (κ2) is 5.34. The van der Waals surface area contributed by atoms with Crippen molar-refractivity contribution in [3.05, 3.63) is 28.3 Å². The Morgan fingerprint density at radius 2 is 2.11 bits per heavy atom. The van der Waals surface area contributed by atoms with Crippen molar-refractivity contribution in [1.82, 2.24) is 0 Å². The van der Waals surface area contributed by atoms with Gasteiger partial charge >= 0.3 is 0 Å². The van der Waals surface area contributed by atoms with Gasteiger partial charge in [-0.05, 0) is 49.8 Å². The Morgan fingerprint density at radius 3 is 2.68 bits per heavy atom. The fraction of sp³-hybridized carbons (Fsp3) is 0.625. The number of anilines is 1. The normalized spacial score (nSPS) is 21.4. The van der Waals surface area contributed by atoms with Crippen LogP contribution in [0.4, 0.5) is 5.69 Å². The first-order valence-corrected chi connectivity index (χ1v) is 7.58. The number of fused-ring (bicyclic) bond motifs is 1.